The minimum Gasteiger partial charge on any atom is -0.382 e. The summed E-state index contributed by atoms with van der Waals surface area (Å²) >= 11 is 0. The minimum atomic E-state index is -0.281. The minimum absolute atomic E-state index is 0.155. The summed E-state index contributed by atoms with van der Waals surface area (Å²) in [7, 11) is 0. The van der Waals surface area contributed by atoms with E-state index < -0.39 is 0 Å². The van der Waals surface area contributed by atoms with Crippen molar-refractivity contribution in [2.24, 2.45) is 5.92 Å². The lowest BCUT2D eigenvalue weighted by atomic mass is 9.90. The van der Waals surface area contributed by atoms with Gasteiger partial charge in [-0.2, -0.15) is 0 Å². The SMILES string of the molecule is O=C(CCNc1ccccc1F)N1CCC(Cc2ccccc2)CC1. The van der Waals surface area contributed by atoms with Gasteiger partial charge in [-0.25, -0.2) is 4.39 Å². The molecule has 1 amide bonds. The second-order valence-corrected chi connectivity index (χ2v) is 6.67. The molecule has 3 nitrogen and oxygen atoms in total. The first-order valence-electron chi connectivity index (χ1n) is 9.02. The number of amides is 1. The van der Waals surface area contributed by atoms with Gasteiger partial charge in [0.1, 0.15) is 5.82 Å². The summed E-state index contributed by atoms with van der Waals surface area (Å²) in [5.74, 6) is 0.529. The van der Waals surface area contributed by atoms with E-state index in [4.69, 9.17) is 0 Å². The summed E-state index contributed by atoms with van der Waals surface area (Å²) in [4.78, 5) is 14.3. The van der Waals surface area contributed by atoms with Crippen LogP contribution < -0.4 is 5.32 Å². The molecule has 0 saturated carbocycles. The first-order valence-corrected chi connectivity index (χ1v) is 9.02. The summed E-state index contributed by atoms with van der Waals surface area (Å²) in [5.41, 5.74) is 1.83. The van der Waals surface area contributed by atoms with Gasteiger partial charge in [-0.3, -0.25) is 4.79 Å². The molecule has 0 bridgehead atoms. The lowest BCUT2D eigenvalue weighted by Gasteiger charge is -2.32. The second kappa shape index (κ2) is 8.65. The van der Waals surface area contributed by atoms with Crippen LogP contribution in [-0.2, 0) is 11.2 Å². The third-order valence-corrected chi connectivity index (χ3v) is 4.86. The van der Waals surface area contributed by atoms with Gasteiger partial charge in [-0.15, -0.1) is 0 Å². The maximum Gasteiger partial charge on any atom is 0.224 e. The summed E-state index contributed by atoms with van der Waals surface area (Å²) < 4.78 is 13.5. The van der Waals surface area contributed by atoms with Gasteiger partial charge in [-0.1, -0.05) is 42.5 Å². The Kier molecular flexibility index (Phi) is 6.04. The molecule has 0 unspecified atom stereocenters. The topological polar surface area (TPSA) is 32.3 Å². The van der Waals surface area contributed by atoms with E-state index in [9.17, 15) is 9.18 Å². The molecular weight excluding hydrogens is 315 g/mol. The number of carbonyl (C=O) groups is 1. The van der Waals surface area contributed by atoms with Gasteiger partial charge in [0.25, 0.3) is 0 Å². The van der Waals surface area contributed by atoms with Crippen molar-refractivity contribution in [3.05, 3.63) is 66.0 Å². The Morgan fingerprint density at radius 1 is 1.04 bits per heavy atom. The smallest absolute Gasteiger partial charge is 0.224 e. The molecule has 25 heavy (non-hydrogen) atoms. The molecule has 0 spiro atoms. The largest absolute Gasteiger partial charge is 0.382 e. The van der Waals surface area contributed by atoms with Crippen LogP contribution in [0.1, 0.15) is 24.8 Å². The van der Waals surface area contributed by atoms with Crippen molar-refractivity contribution in [3.63, 3.8) is 0 Å². The van der Waals surface area contributed by atoms with Crippen molar-refractivity contribution in [2.75, 3.05) is 25.0 Å². The van der Waals surface area contributed by atoms with E-state index in [1.54, 1.807) is 18.2 Å². The molecule has 132 valence electrons. The number of likely N-dealkylation sites (tertiary alicyclic amines) is 1. The fraction of sp³-hybridized carbons (Fsp3) is 0.381. The van der Waals surface area contributed by atoms with E-state index >= 15 is 0 Å². The third-order valence-electron chi connectivity index (χ3n) is 4.86. The molecule has 3 rings (SSSR count). The molecule has 1 heterocycles. The van der Waals surface area contributed by atoms with Crippen LogP contribution in [-0.4, -0.2) is 30.4 Å². The number of halogens is 1. The number of nitrogens with one attached hydrogen (secondary N) is 1. The summed E-state index contributed by atoms with van der Waals surface area (Å²) in [6.45, 7) is 2.12. The fourth-order valence-electron chi connectivity index (χ4n) is 3.40. The van der Waals surface area contributed by atoms with Crippen LogP contribution in [0.3, 0.4) is 0 Å². The molecule has 1 N–H and O–H groups in total. The molecule has 1 aliphatic rings. The number of rotatable bonds is 6. The Bertz CT molecular complexity index is 681. The molecule has 1 fully saturated rings. The van der Waals surface area contributed by atoms with Crippen molar-refractivity contribution in [1.82, 2.24) is 4.90 Å². The van der Waals surface area contributed by atoms with Crippen molar-refractivity contribution in [1.29, 1.82) is 0 Å². The number of anilines is 1. The maximum atomic E-state index is 13.5. The first-order chi connectivity index (χ1) is 12.2. The van der Waals surface area contributed by atoms with Gasteiger partial charge in [0.15, 0.2) is 0 Å². The second-order valence-electron chi connectivity index (χ2n) is 6.67. The molecular formula is C21H25FN2O. The highest BCUT2D eigenvalue weighted by Gasteiger charge is 2.22. The quantitative estimate of drug-likeness (QED) is 0.858. The van der Waals surface area contributed by atoms with Gasteiger partial charge in [-0.05, 0) is 42.9 Å². The Morgan fingerprint density at radius 2 is 1.72 bits per heavy atom. The third kappa shape index (κ3) is 5.05. The number of hydrogen-bond acceptors (Lipinski definition) is 2. The zero-order valence-electron chi connectivity index (χ0n) is 14.5. The number of para-hydroxylation sites is 1. The average Bonchev–Trinajstić information content (AvgIpc) is 2.65. The molecule has 1 aliphatic heterocycles. The Labute approximate surface area is 148 Å². The van der Waals surface area contributed by atoms with Gasteiger partial charge in [0.2, 0.25) is 5.91 Å². The molecule has 0 atom stereocenters. The van der Waals surface area contributed by atoms with Crippen LogP contribution in [0.5, 0.6) is 0 Å². The summed E-state index contributed by atoms with van der Waals surface area (Å²) in [6.07, 6.45) is 3.61. The maximum absolute atomic E-state index is 13.5. The number of hydrogen-bond donors (Lipinski definition) is 1. The average molecular weight is 340 g/mol. The van der Waals surface area contributed by atoms with E-state index in [1.165, 1.54) is 11.6 Å². The van der Waals surface area contributed by atoms with E-state index in [0.717, 1.165) is 32.4 Å². The van der Waals surface area contributed by atoms with Gasteiger partial charge < -0.3 is 10.2 Å². The molecule has 0 aromatic heterocycles. The highest BCUT2D eigenvalue weighted by molar-refractivity contribution is 5.76. The molecule has 2 aromatic rings. The van der Waals surface area contributed by atoms with Crippen LogP contribution >= 0.6 is 0 Å². The molecule has 0 aliphatic carbocycles. The Hall–Kier alpha value is -2.36. The lowest BCUT2D eigenvalue weighted by molar-refractivity contribution is -0.132. The molecule has 4 heteroatoms. The number of piperidine rings is 1. The van der Waals surface area contributed by atoms with Crippen molar-refractivity contribution in [2.45, 2.75) is 25.7 Å². The molecule has 2 aromatic carbocycles. The predicted molar refractivity (Wildman–Crippen MR) is 99.0 cm³/mol. The monoisotopic (exact) mass is 340 g/mol. The molecule has 0 radical (unpaired) electrons. The van der Waals surface area contributed by atoms with E-state index in [2.05, 4.69) is 29.6 Å². The zero-order valence-corrected chi connectivity index (χ0v) is 14.5. The van der Waals surface area contributed by atoms with Crippen LogP contribution in [0.15, 0.2) is 54.6 Å². The summed E-state index contributed by atoms with van der Waals surface area (Å²) in [5, 5.41) is 3.00. The van der Waals surface area contributed by atoms with Crippen molar-refractivity contribution >= 4 is 11.6 Å². The standard InChI is InChI=1S/C21H25FN2O/c22-19-8-4-5-9-20(19)23-13-10-21(25)24-14-11-18(12-15-24)16-17-6-2-1-3-7-17/h1-9,18,23H,10-16H2. The van der Waals surface area contributed by atoms with E-state index in [1.807, 2.05) is 11.0 Å². The van der Waals surface area contributed by atoms with Crippen LogP contribution in [0.4, 0.5) is 10.1 Å². The number of carbonyl (C=O) groups excluding carboxylic acids is 1. The van der Waals surface area contributed by atoms with Gasteiger partial charge >= 0.3 is 0 Å². The first kappa shape index (κ1) is 17.5. The highest BCUT2D eigenvalue weighted by Crippen LogP contribution is 2.22. The lowest BCUT2D eigenvalue weighted by Crippen LogP contribution is -2.39. The summed E-state index contributed by atoms with van der Waals surface area (Å²) in [6, 6.07) is 17.1. The number of nitrogens with zero attached hydrogens (tertiary/aromatic N) is 1. The van der Waals surface area contributed by atoms with Gasteiger partial charge in [0, 0.05) is 26.1 Å². The number of benzene rings is 2. The van der Waals surface area contributed by atoms with E-state index in [0.29, 0.717) is 24.6 Å². The highest BCUT2D eigenvalue weighted by atomic mass is 19.1. The normalized spacial score (nSPS) is 15.2. The van der Waals surface area contributed by atoms with Gasteiger partial charge in [0.05, 0.1) is 5.69 Å². The fourth-order valence-corrected chi connectivity index (χ4v) is 3.40. The van der Waals surface area contributed by atoms with Crippen LogP contribution in [0.25, 0.3) is 0 Å². The van der Waals surface area contributed by atoms with Crippen molar-refractivity contribution in [3.8, 4) is 0 Å². The predicted octanol–water partition coefficient (Wildman–Crippen LogP) is 4.11. The molecule has 1 saturated heterocycles. The van der Waals surface area contributed by atoms with Crippen LogP contribution in [0, 0.1) is 11.7 Å². The van der Waals surface area contributed by atoms with Crippen LogP contribution in [0.2, 0.25) is 0 Å². The Morgan fingerprint density at radius 3 is 2.44 bits per heavy atom. The van der Waals surface area contributed by atoms with E-state index in [-0.39, 0.29) is 11.7 Å². The van der Waals surface area contributed by atoms with Crippen molar-refractivity contribution < 1.29 is 9.18 Å². The zero-order chi connectivity index (χ0) is 17.5. The Balaban J connectivity index is 1.39.